The topological polar surface area (TPSA) is 377 Å². The van der Waals surface area contributed by atoms with Crippen LogP contribution in [0.25, 0.3) is 0 Å². The van der Waals surface area contributed by atoms with Crippen LogP contribution in [0.2, 0.25) is 0 Å². The number of rotatable bonds is 75. The van der Waals surface area contributed by atoms with Crippen LogP contribution in [0, 0.1) is 0 Å². The van der Waals surface area contributed by atoms with E-state index in [9.17, 15) is 0 Å². The molecule has 0 rings (SSSR count). The number of hydrogen-bond donors (Lipinski definition) is 19. The molecular formula is C59H146N26. The molecule has 0 aromatic carbocycles. The monoisotopic (exact) mass is 1220 g/mol. The predicted octanol–water partition coefficient (Wildman–Crippen LogP) is -6.86. The highest BCUT2D eigenvalue weighted by molar-refractivity contribution is 4.72. The summed E-state index contributed by atoms with van der Waals surface area (Å²) in [6.45, 7) is 46.4. The van der Waals surface area contributed by atoms with Gasteiger partial charge < -0.3 is 115 Å². The smallest absolute Gasteiger partial charge is 0.0110 e. The quantitative estimate of drug-likeness (QED) is 0.0252. The van der Waals surface area contributed by atoms with Crippen molar-refractivity contribution < 1.29 is 0 Å². The Bertz CT molecular complexity index is 1230. The molecule has 0 aliphatic heterocycles. The fourth-order valence-corrected chi connectivity index (χ4v) is 10.2. The van der Waals surface area contributed by atoms with Gasteiger partial charge in [-0.2, -0.15) is 0 Å². The van der Waals surface area contributed by atoms with Crippen molar-refractivity contribution in [1.82, 2.24) is 87.5 Å². The lowest BCUT2D eigenvalue weighted by molar-refractivity contribution is 0.201. The van der Waals surface area contributed by atoms with Crippen molar-refractivity contribution in [2.75, 3.05) is 327 Å². The molecule has 0 aliphatic carbocycles. The van der Waals surface area contributed by atoms with Crippen molar-refractivity contribution >= 4 is 0 Å². The summed E-state index contributed by atoms with van der Waals surface area (Å²) < 4.78 is 0. The van der Waals surface area contributed by atoms with E-state index in [1.807, 2.05) is 0 Å². The summed E-state index contributed by atoms with van der Waals surface area (Å²) >= 11 is 0. The van der Waals surface area contributed by atoms with Crippen molar-refractivity contribution in [1.29, 1.82) is 0 Å². The molecule has 26 heteroatoms. The summed E-state index contributed by atoms with van der Waals surface area (Å²) in [6.07, 6.45) is 10.8. The van der Waals surface area contributed by atoms with Gasteiger partial charge in [-0.05, 0) is 77.8 Å². The van der Waals surface area contributed by atoms with E-state index in [0.717, 1.165) is 281 Å². The van der Waals surface area contributed by atoms with Crippen molar-refractivity contribution in [3.63, 3.8) is 0 Å². The fraction of sp³-hybridized carbons (Fsp3) is 1.00. The van der Waals surface area contributed by atoms with Gasteiger partial charge in [0.05, 0.1) is 0 Å². The number of nitrogens with one attached hydrogen (secondary N) is 10. The second-order valence-electron chi connectivity index (χ2n) is 22.7. The second-order valence-corrected chi connectivity index (χ2v) is 22.7. The van der Waals surface area contributed by atoms with Crippen LogP contribution in [0.1, 0.15) is 57.8 Å². The van der Waals surface area contributed by atoms with Crippen LogP contribution >= 0.6 is 0 Å². The summed E-state index contributed by atoms with van der Waals surface area (Å²) in [6, 6.07) is 0. The van der Waals surface area contributed by atoms with Crippen molar-refractivity contribution in [3.8, 4) is 0 Å². The highest BCUT2D eigenvalue weighted by Crippen LogP contribution is 2.01. The molecule has 0 aromatic heterocycles. The van der Waals surface area contributed by atoms with Crippen LogP contribution in [0.15, 0.2) is 0 Å². The summed E-state index contributed by atoms with van der Waals surface area (Å²) in [4.78, 5) is 17.6. The normalized spacial score (nSPS) is 12.3. The number of hydrogen-bond acceptors (Lipinski definition) is 26. The van der Waals surface area contributed by atoms with Crippen LogP contribution in [-0.4, -0.2) is 362 Å². The van der Waals surface area contributed by atoms with Gasteiger partial charge in [0.1, 0.15) is 0 Å². The minimum Gasteiger partial charge on any atom is -0.330 e. The third-order valence-corrected chi connectivity index (χ3v) is 15.4. The van der Waals surface area contributed by atoms with Gasteiger partial charge in [-0.15, -0.1) is 0 Å². The molecule has 0 aliphatic rings. The van der Waals surface area contributed by atoms with Crippen LogP contribution in [0.4, 0.5) is 0 Å². The Labute approximate surface area is 522 Å². The Morgan fingerprint density at radius 1 is 0.129 bits per heavy atom. The van der Waals surface area contributed by atoms with Gasteiger partial charge in [-0.3, -0.25) is 24.5 Å². The van der Waals surface area contributed by atoms with Crippen molar-refractivity contribution in [2.45, 2.75) is 57.8 Å². The Balaban J connectivity index is 5.01. The molecule has 0 saturated carbocycles. The van der Waals surface area contributed by atoms with Gasteiger partial charge in [-0.1, -0.05) is 19.3 Å². The summed E-state index contributed by atoms with van der Waals surface area (Å²) in [7, 11) is 0. The van der Waals surface area contributed by atoms with Gasteiger partial charge in [0.25, 0.3) is 0 Å². The van der Waals surface area contributed by atoms with Crippen LogP contribution in [-0.2, 0) is 0 Å². The SMILES string of the molecule is NCCCCCN(CCNCCN)CCNCCN(CCNCCN)CCN(CCNCCCCCNCCCCCN(CCN)CCNCCNCCN(CCN)CCN)CCNCCN(CCN)CCNCCN(CCN)CCNCCN. The molecule has 0 heterocycles. The predicted molar refractivity (Wildman–Crippen MR) is 367 cm³/mol. The average molecular weight is 1220 g/mol. The highest BCUT2D eigenvalue weighted by atomic mass is 15.2. The maximum absolute atomic E-state index is 6.08. The number of nitrogens with zero attached hydrogens (tertiary/aromatic N) is 7. The van der Waals surface area contributed by atoms with Crippen molar-refractivity contribution in [2.24, 2.45) is 51.6 Å². The molecule has 0 radical (unpaired) electrons. The van der Waals surface area contributed by atoms with E-state index in [1.165, 1.54) is 51.4 Å². The maximum atomic E-state index is 6.08. The fourth-order valence-electron chi connectivity index (χ4n) is 10.2. The van der Waals surface area contributed by atoms with E-state index < -0.39 is 0 Å². The molecule has 0 amide bonds. The highest BCUT2D eigenvalue weighted by Gasteiger charge is 2.13. The summed E-state index contributed by atoms with van der Waals surface area (Å²) in [5.41, 5.74) is 52.4. The molecular weight excluding hydrogens is 1070 g/mol. The largest absolute Gasteiger partial charge is 0.330 e. The van der Waals surface area contributed by atoms with E-state index in [2.05, 4.69) is 87.5 Å². The molecule has 0 atom stereocenters. The first kappa shape index (κ1) is 84.0. The molecule has 512 valence electrons. The average Bonchev–Trinajstić information content (AvgIpc) is 3.51. The van der Waals surface area contributed by atoms with Gasteiger partial charge in [-0.25, -0.2) is 0 Å². The van der Waals surface area contributed by atoms with Gasteiger partial charge in [0, 0.05) is 288 Å². The summed E-state index contributed by atoms with van der Waals surface area (Å²) in [5, 5.41) is 36.3. The first-order valence-corrected chi connectivity index (χ1v) is 34.4. The lowest BCUT2D eigenvalue weighted by atomic mass is 10.2. The molecule has 0 fully saturated rings. The third kappa shape index (κ3) is 60.3. The molecule has 0 saturated heterocycles. The van der Waals surface area contributed by atoms with E-state index in [1.54, 1.807) is 0 Å². The zero-order chi connectivity index (χ0) is 61.8. The molecule has 26 nitrogen and oxygen atoms in total. The molecule has 0 bridgehead atoms. The first-order chi connectivity index (χ1) is 41.9. The van der Waals surface area contributed by atoms with E-state index >= 15 is 0 Å². The van der Waals surface area contributed by atoms with Crippen molar-refractivity contribution in [3.05, 3.63) is 0 Å². The lowest BCUT2D eigenvalue weighted by Crippen LogP contribution is -2.46. The van der Waals surface area contributed by atoms with E-state index in [4.69, 9.17) is 51.6 Å². The van der Waals surface area contributed by atoms with E-state index in [0.29, 0.717) is 52.4 Å². The third-order valence-electron chi connectivity index (χ3n) is 15.4. The maximum Gasteiger partial charge on any atom is 0.0110 e. The standard InChI is InChI=1S/C59H146N26/c60-10-4-1-8-40-80(47-28-71-22-11-61)48-33-76-37-57-85(55-30-73-24-13-63)59-58-84(56-38-78-36-53-83(45-18-68)52-35-77-34-51-82(44-17-67)50-29-72-23-12-62)54-27-70-21-6-2-5-19-69-20-7-3-9-39-79(41-14-64)46-31-74-25-26-75-32-49-81(42-15-65)43-16-66/h69-78H,1-68H2. The minimum absolute atomic E-state index is 0.656. The van der Waals surface area contributed by atoms with Crippen LogP contribution in [0.5, 0.6) is 0 Å². The first-order valence-electron chi connectivity index (χ1n) is 34.4. The Hall–Kier alpha value is -1.04. The van der Waals surface area contributed by atoms with Crippen LogP contribution < -0.4 is 105 Å². The molecule has 0 aromatic rings. The zero-order valence-corrected chi connectivity index (χ0v) is 55.0. The van der Waals surface area contributed by atoms with Gasteiger partial charge in [0.15, 0.2) is 0 Å². The Morgan fingerprint density at radius 3 is 0.612 bits per heavy atom. The molecule has 85 heavy (non-hydrogen) atoms. The van der Waals surface area contributed by atoms with Gasteiger partial charge in [0.2, 0.25) is 0 Å². The number of nitrogens with two attached hydrogens (primary N) is 9. The zero-order valence-electron chi connectivity index (χ0n) is 55.0. The van der Waals surface area contributed by atoms with Crippen LogP contribution in [0.3, 0.4) is 0 Å². The number of unbranched alkanes of at least 4 members (excludes halogenated alkanes) is 6. The minimum atomic E-state index is 0.656. The van der Waals surface area contributed by atoms with Gasteiger partial charge >= 0.3 is 0 Å². The Kier molecular flexibility index (Phi) is 69.6. The Morgan fingerprint density at radius 2 is 0.329 bits per heavy atom. The molecule has 28 N–H and O–H groups in total. The lowest BCUT2D eigenvalue weighted by Gasteiger charge is -2.29. The summed E-state index contributed by atoms with van der Waals surface area (Å²) in [5.74, 6) is 0. The van der Waals surface area contributed by atoms with E-state index in [-0.39, 0.29) is 0 Å². The molecule has 0 unspecified atom stereocenters. The molecule has 0 spiro atoms. The second kappa shape index (κ2) is 70.4.